The number of fused-ring (bicyclic) bond motifs is 1. The average Bonchev–Trinajstić information content (AvgIpc) is 2.69. The van der Waals surface area contributed by atoms with Gasteiger partial charge >= 0.3 is 0 Å². The summed E-state index contributed by atoms with van der Waals surface area (Å²) in [4.78, 5) is 0. The number of hydrogen-bond donors (Lipinski definition) is 1. The van der Waals surface area contributed by atoms with Gasteiger partial charge in [0.25, 0.3) is 0 Å². The third kappa shape index (κ3) is 2.39. The Bertz CT molecular complexity index is 408. The summed E-state index contributed by atoms with van der Waals surface area (Å²) in [5.74, 6) is 1.74. The summed E-state index contributed by atoms with van der Waals surface area (Å²) in [7, 11) is 0. The quantitative estimate of drug-likeness (QED) is 0.808. The summed E-state index contributed by atoms with van der Waals surface area (Å²) in [5.41, 5.74) is 9.15. The van der Waals surface area contributed by atoms with Crippen molar-refractivity contribution in [3.63, 3.8) is 0 Å². The first kappa shape index (κ1) is 12.0. The first-order valence-corrected chi connectivity index (χ1v) is 7.36. The van der Waals surface area contributed by atoms with Crippen molar-refractivity contribution < 1.29 is 4.74 Å². The van der Waals surface area contributed by atoms with Crippen LogP contribution in [0.25, 0.3) is 0 Å². The molecule has 1 saturated carbocycles. The summed E-state index contributed by atoms with van der Waals surface area (Å²) in [6, 6.07) is 6.76. The molecule has 2 aliphatic rings. The lowest BCUT2D eigenvalue weighted by Crippen LogP contribution is -2.21. The van der Waals surface area contributed by atoms with Crippen molar-refractivity contribution >= 4 is 0 Å². The van der Waals surface area contributed by atoms with Crippen LogP contribution >= 0.6 is 0 Å². The second-order valence-electron chi connectivity index (χ2n) is 5.74. The number of benzene rings is 1. The van der Waals surface area contributed by atoms with Gasteiger partial charge in [-0.05, 0) is 36.0 Å². The van der Waals surface area contributed by atoms with Crippen molar-refractivity contribution in [2.24, 2.45) is 11.7 Å². The van der Waals surface area contributed by atoms with E-state index in [1.165, 1.54) is 49.7 Å². The molecular weight excluding hydrogens is 222 g/mol. The van der Waals surface area contributed by atoms with Crippen LogP contribution in [-0.2, 0) is 6.42 Å². The minimum absolute atomic E-state index is 0.217. The predicted molar refractivity (Wildman–Crippen MR) is 73.8 cm³/mol. The van der Waals surface area contributed by atoms with E-state index >= 15 is 0 Å². The highest BCUT2D eigenvalue weighted by Crippen LogP contribution is 2.34. The maximum absolute atomic E-state index is 6.49. The predicted octanol–water partition coefficient (Wildman–Crippen LogP) is 3.59. The van der Waals surface area contributed by atoms with Crippen molar-refractivity contribution in [1.29, 1.82) is 0 Å². The van der Waals surface area contributed by atoms with Crippen molar-refractivity contribution in [3.8, 4) is 5.75 Å². The maximum Gasteiger partial charge on any atom is 0.122 e. The Labute approximate surface area is 110 Å². The molecule has 2 heteroatoms. The second-order valence-corrected chi connectivity index (χ2v) is 5.74. The average molecular weight is 245 g/mol. The summed E-state index contributed by atoms with van der Waals surface area (Å²) in [5, 5.41) is 0. The lowest BCUT2D eigenvalue weighted by molar-refractivity contribution is 0.356. The van der Waals surface area contributed by atoms with Crippen LogP contribution in [0.15, 0.2) is 18.2 Å². The Morgan fingerprint density at radius 1 is 1.11 bits per heavy atom. The molecule has 0 radical (unpaired) electrons. The third-order valence-electron chi connectivity index (χ3n) is 4.51. The van der Waals surface area contributed by atoms with Gasteiger partial charge < -0.3 is 10.5 Å². The molecule has 0 aromatic heterocycles. The summed E-state index contributed by atoms with van der Waals surface area (Å²) >= 11 is 0. The zero-order valence-corrected chi connectivity index (χ0v) is 11.0. The first-order chi connectivity index (χ1) is 8.84. The molecule has 1 heterocycles. The van der Waals surface area contributed by atoms with Crippen LogP contribution in [0.5, 0.6) is 5.75 Å². The van der Waals surface area contributed by atoms with E-state index in [1.807, 2.05) is 0 Å². The van der Waals surface area contributed by atoms with Crippen LogP contribution in [-0.4, -0.2) is 6.61 Å². The molecule has 2 nitrogen and oxygen atoms in total. The van der Waals surface area contributed by atoms with E-state index in [1.54, 1.807) is 0 Å². The molecule has 2 N–H and O–H groups in total. The molecule has 1 atom stereocenters. The van der Waals surface area contributed by atoms with Gasteiger partial charge in [-0.2, -0.15) is 0 Å². The maximum atomic E-state index is 6.49. The molecule has 1 fully saturated rings. The molecule has 0 spiro atoms. The number of rotatable bonds is 2. The topological polar surface area (TPSA) is 35.2 Å². The highest BCUT2D eigenvalue weighted by atomic mass is 16.5. The summed E-state index contributed by atoms with van der Waals surface area (Å²) in [6.07, 6.45) is 9.13. The first-order valence-electron chi connectivity index (χ1n) is 7.36. The molecule has 0 amide bonds. The molecule has 0 saturated heterocycles. The molecular formula is C16H23NO. The fourth-order valence-electron chi connectivity index (χ4n) is 3.36. The Morgan fingerprint density at radius 2 is 1.89 bits per heavy atom. The van der Waals surface area contributed by atoms with Crippen molar-refractivity contribution in [3.05, 3.63) is 29.3 Å². The highest BCUT2D eigenvalue weighted by Gasteiger charge is 2.22. The number of nitrogens with two attached hydrogens (primary N) is 1. The lowest BCUT2D eigenvalue weighted by Gasteiger charge is -2.23. The van der Waals surface area contributed by atoms with Gasteiger partial charge in [0.2, 0.25) is 0 Å². The Morgan fingerprint density at radius 3 is 2.67 bits per heavy atom. The fourth-order valence-corrected chi connectivity index (χ4v) is 3.36. The normalized spacial score (nSPS) is 22.1. The highest BCUT2D eigenvalue weighted by molar-refractivity contribution is 5.40. The van der Waals surface area contributed by atoms with Gasteiger partial charge in [0, 0.05) is 12.5 Å². The van der Waals surface area contributed by atoms with Crippen molar-refractivity contribution in [1.82, 2.24) is 0 Å². The van der Waals surface area contributed by atoms with Crippen LogP contribution in [0.1, 0.15) is 55.7 Å². The standard InChI is InChI=1S/C16H23NO/c17-16(12-5-3-1-2-4-6-12)14-7-8-15-13(11-14)9-10-18-15/h7-8,11-12,16H,1-6,9-10,17H2. The molecule has 1 aliphatic heterocycles. The Kier molecular flexibility index (Phi) is 3.55. The number of hydrogen-bond acceptors (Lipinski definition) is 2. The Balaban J connectivity index is 1.76. The molecule has 1 aliphatic carbocycles. The fraction of sp³-hybridized carbons (Fsp3) is 0.625. The number of ether oxygens (including phenoxy) is 1. The minimum atomic E-state index is 0.217. The largest absolute Gasteiger partial charge is 0.493 e. The van der Waals surface area contributed by atoms with E-state index in [4.69, 9.17) is 10.5 Å². The van der Waals surface area contributed by atoms with Crippen molar-refractivity contribution in [2.45, 2.75) is 51.0 Å². The van der Waals surface area contributed by atoms with Gasteiger partial charge in [0.05, 0.1) is 6.61 Å². The van der Waals surface area contributed by atoms with Crippen LogP contribution in [0.3, 0.4) is 0 Å². The SMILES string of the molecule is NC(c1ccc2c(c1)CCO2)C1CCCCCC1. The van der Waals surface area contributed by atoms with Gasteiger partial charge in [-0.1, -0.05) is 37.8 Å². The van der Waals surface area contributed by atoms with Crippen molar-refractivity contribution in [2.75, 3.05) is 6.61 Å². The van der Waals surface area contributed by atoms with Crippen LogP contribution in [0.4, 0.5) is 0 Å². The van der Waals surface area contributed by atoms with E-state index in [2.05, 4.69) is 18.2 Å². The van der Waals surface area contributed by atoms with Crippen LogP contribution in [0.2, 0.25) is 0 Å². The molecule has 1 aromatic rings. The summed E-state index contributed by atoms with van der Waals surface area (Å²) < 4.78 is 5.56. The van der Waals surface area contributed by atoms with Crippen LogP contribution < -0.4 is 10.5 Å². The third-order valence-corrected chi connectivity index (χ3v) is 4.51. The van der Waals surface area contributed by atoms with Gasteiger partial charge in [-0.15, -0.1) is 0 Å². The van der Waals surface area contributed by atoms with E-state index in [9.17, 15) is 0 Å². The van der Waals surface area contributed by atoms with Gasteiger partial charge in [-0.25, -0.2) is 0 Å². The molecule has 0 bridgehead atoms. The van der Waals surface area contributed by atoms with Crippen LogP contribution in [0, 0.1) is 5.92 Å². The Hall–Kier alpha value is -1.02. The molecule has 18 heavy (non-hydrogen) atoms. The lowest BCUT2D eigenvalue weighted by atomic mass is 9.87. The molecule has 3 rings (SSSR count). The van der Waals surface area contributed by atoms with Gasteiger partial charge in [-0.3, -0.25) is 0 Å². The monoisotopic (exact) mass is 245 g/mol. The van der Waals surface area contributed by atoms with Gasteiger partial charge in [0.15, 0.2) is 0 Å². The van der Waals surface area contributed by atoms with E-state index in [0.717, 1.165) is 18.8 Å². The van der Waals surface area contributed by atoms with E-state index in [-0.39, 0.29) is 6.04 Å². The minimum Gasteiger partial charge on any atom is -0.493 e. The zero-order valence-electron chi connectivity index (χ0n) is 11.0. The zero-order chi connectivity index (χ0) is 12.4. The molecule has 1 aromatic carbocycles. The second kappa shape index (κ2) is 5.31. The smallest absolute Gasteiger partial charge is 0.122 e. The molecule has 1 unspecified atom stereocenters. The van der Waals surface area contributed by atoms with Gasteiger partial charge in [0.1, 0.15) is 5.75 Å². The summed E-state index contributed by atoms with van der Waals surface area (Å²) in [6.45, 7) is 0.831. The van der Waals surface area contributed by atoms with E-state index in [0.29, 0.717) is 5.92 Å². The van der Waals surface area contributed by atoms with E-state index < -0.39 is 0 Å². The molecule has 98 valence electrons.